The van der Waals surface area contributed by atoms with Gasteiger partial charge in [-0.2, -0.15) is 5.26 Å². The molecule has 7 heteroatoms. The number of aryl methyl sites for hydroxylation is 1. The minimum absolute atomic E-state index is 0.0123. The van der Waals surface area contributed by atoms with Crippen molar-refractivity contribution in [2.24, 2.45) is 0 Å². The van der Waals surface area contributed by atoms with Gasteiger partial charge in [0.15, 0.2) is 0 Å². The van der Waals surface area contributed by atoms with Crippen LogP contribution in [0.1, 0.15) is 35.4 Å². The number of hydrogen-bond donors (Lipinski definition) is 2. The number of halogens is 1. The molecule has 0 bridgehead atoms. The van der Waals surface area contributed by atoms with Crippen LogP contribution in [0.2, 0.25) is 0 Å². The number of aromatic amines is 1. The van der Waals surface area contributed by atoms with Gasteiger partial charge in [-0.05, 0) is 24.6 Å². The molecule has 0 atom stereocenters. The second-order valence-corrected chi connectivity index (χ2v) is 4.11. The zero-order chi connectivity index (χ0) is 14.5. The van der Waals surface area contributed by atoms with Crippen molar-refractivity contribution >= 4 is 11.6 Å². The summed E-state index contributed by atoms with van der Waals surface area (Å²) in [5, 5.41) is 17.8. The fourth-order valence-corrected chi connectivity index (χ4v) is 1.64. The van der Waals surface area contributed by atoms with E-state index >= 15 is 0 Å². The molecular formula is C13H12FN5O. The summed E-state index contributed by atoms with van der Waals surface area (Å²) < 4.78 is 13.0. The summed E-state index contributed by atoms with van der Waals surface area (Å²) in [6.07, 6.45) is 1.58. The molecule has 1 amide bonds. The zero-order valence-corrected chi connectivity index (χ0v) is 10.8. The molecule has 0 aliphatic carbocycles. The van der Waals surface area contributed by atoms with Crippen molar-refractivity contribution in [1.82, 2.24) is 15.2 Å². The monoisotopic (exact) mass is 273 g/mol. The molecule has 20 heavy (non-hydrogen) atoms. The molecule has 1 aromatic heterocycles. The van der Waals surface area contributed by atoms with Crippen LogP contribution < -0.4 is 5.32 Å². The van der Waals surface area contributed by atoms with Crippen LogP contribution in [0.25, 0.3) is 0 Å². The van der Waals surface area contributed by atoms with E-state index in [2.05, 4.69) is 20.5 Å². The lowest BCUT2D eigenvalue weighted by Gasteiger charge is -2.04. The number of benzene rings is 1. The number of nitriles is 1. The number of rotatable bonds is 4. The average Bonchev–Trinajstić information content (AvgIpc) is 2.90. The summed E-state index contributed by atoms with van der Waals surface area (Å²) >= 11 is 0. The van der Waals surface area contributed by atoms with Gasteiger partial charge in [0.2, 0.25) is 5.82 Å². The molecular weight excluding hydrogens is 261 g/mol. The first-order valence-corrected chi connectivity index (χ1v) is 6.06. The van der Waals surface area contributed by atoms with E-state index in [0.29, 0.717) is 12.2 Å². The molecule has 2 aromatic rings. The van der Waals surface area contributed by atoms with E-state index in [-0.39, 0.29) is 17.1 Å². The molecule has 1 heterocycles. The molecule has 0 fully saturated rings. The Balaban J connectivity index is 2.17. The molecule has 0 saturated carbocycles. The Morgan fingerprint density at radius 1 is 1.55 bits per heavy atom. The lowest BCUT2D eigenvalue weighted by Crippen LogP contribution is -2.14. The summed E-state index contributed by atoms with van der Waals surface area (Å²) in [5.74, 6) is -0.478. The highest BCUT2D eigenvalue weighted by Crippen LogP contribution is 2.16. The van der Waals surface area contributed by atoms with Crippen LogP contribution in [0, 0.1) is 17.1 Å². The van der Waals surface area contributed by atoms with Crippen molar-refractivity contribution in [3.05, 3.63) is 41.2 Å². The minimum atomic E-state index is -0.549. The van der Waals surface area contributed by atoms with Crippen molar-refractivity contribution in [2.75, 3.05) is 5.32 Å². The topological polar surface area (TPSA) is 94.5 Å². The van der Waals surface area contributed by atoms with E-state index in [4.69, 9.17) is 5.26 Å². The lowest BCUT2D eigenvalue weighted by molar-refractivity contribution is 0.101. The van der Waals surface area contributed by atoms with Gasteiger partial charge in [-0.15, -0.1) is 5.10 Å². The Morgan fingerprint density at radius 3 is 3.05 bits per heavy atom. The minimum Gasteiger partial charge on any atom is -0.318 e. The van der Waals surface area contributed by atoms with Crippen LogP contribution in [-0.2, 0) is 6.42 Å². The molecule has 2 rings (SSSR count). The third kappa shape index (κ3) is 2.98. The SMILES string of the molecule is CCCc1nc(C(=O)Nc2ccc(F)cc2C#N)n[nH]1. The summed E-state index contributed by atoms with van der Waals surface area (Å²) in [6.45, 7) is 1.99. The number of H-pyrrole nitrogens is 1. The number of carbonyl (C=O) groups is 1. The first-order chi connectivity index (χ1) is 9.63. The Kier molecular flexibility index (Phi) is 4.05. The number of anilines is 1. The Labute approximate surface area is 114 Å². The van der Waals surface area contributed by atoms with Gasteiger partial charge >= 0.3 is 0 Å². The van der Waals surface area contributed by atoms with Crippen LogP contribution >= 0.6 is 0 Å². The van der Waals surface area contributed by atoms with Gasteiger partial charge in [-0.1, -0.05) is 6.92 Å². The quantitative estimate of drug-likeness (QED) is 0.891. The fourth-order valence-electron chi connectivity index (χ4n) is 1.64. The normalized spacial score (nSPS) is 10.1. The molecule has 0 spiro atoms. The van der Waals surface area contributed by atoms with Gasteiger partial charge in [0.05, 0.1) is 11.3 Å². The van der Waals surface area contributed by atoms with E-state index in [1.54, 1.807) is 0 Å². The predicted molar refractivity (Wildman–Crippen MR) is 69.4 cm³/mol. The van der Waals surface area contributed by atoms with Crippen LogP contribution in [0.4, 0.5) is 10.1 Å². The summed E-state index contributed by atoms with van der Waals surface area (Å²) in [6, 6.07) is 5.36. The lowest BCUT2D eigenvalue weighted by atomic mass is 10.2. The largest absolute Gasteiger partial charge is 0.318 e. The predicted octanol–water partition coefficient (Wildman–Crippen LogP) is 2.02. The Bertz CT molecular complexity index is 674. The van der Waals surface area contributed by atoms with Crippen LogP contribution in [0.3, 0.4) is 0 Å². The summed E-state index contributed by atoms with van der Waals surface area (Å²) in [4.78, 5) is 16.0. The number of amides is 1. The summed E-state index contributed by atoms with van der Waals surface area (Å²) in [7, 11) is 0. The molecule has 0 unspecified atom stereocenters. The number of aromatic nitrogens is 3. The Hall–Kier alpha value is -2.75. The van der Waals surface area contributed by atoms with Gasteiger partial charge in [0.1, 0.15) is 17.7 Å². The highest BCUT2D eigenvalue weighted by molar-refractivity contribution is 6.02. The molecule has 0 saturated heterocycles. The van der Waals surface area contributed by atoms with E-state index in [1.807, 2.05) is 13.0 Å². The molecule has 0 aliphatic heterocycles. The van der Waals surface area contributed by atoms with Crippen LogP contribution in [-0.4, -0.2) is 21.1 Å². The first kappa shape index (κ1) is 13.7. The van der Waals surface area contributed by atoms with E-state index in [9.17, 15) is 9.18 Å². The maximum absolute atomic E-state index is 13.0. The van der Waals surface area contributed by atoms with Gasteiger partial charge in [0, 0.05) is 6.42 Å². The summed E-state index contributed by atoms with van der Waals surface area (Å²) in [5.41, 5.74) is 0.267. The van der Waals surface area contributed by atoms with Crippen molar-refractivity contribution in [2.45, 2.75) is 19.8 Å². The van der Waals surface area contributed by atoms with E-state index < -0.39 is 11.7 Å². The number of carbonyl (C=O) groups excluding carboxylic acids is 1. The van der Waals surface area contributed by atoms with Crippen molar-refractivity contribution in [1.29, 1.82) is 5.26 Å². The smallest absolute Gasteiger partial charge is 0.295 e. The van der Waals surface area contributed by atoms with E-state index in [1.165, 1.54) is 6.07 Å². The molecule has 102 valence electrons. The second kappa shape index (κ2) is 5.93. The second-order valence-electron chi connectivity index (χ2n) is 4.11. The van der Waals surface area contributed by atoms with Crippen LogP contribution in [0.5, 0.6) is 0 Å². The third-order valence-corrected chi connectivity index (χ3v) is 2.57. The van der Waals surface area contributed by atoms with Crippen molar-refractivity contribution in [3.8, 4) is 6.07 Å². The fraction of sp³-hybridized carbons (Fsp3) is 0.231. The zero-order valence-electron chi connectivity index (χ0n) is 10.8. The number of nitrogens with zero attached hydrogens (tertiary/aromatic N) is 3. The molecule has 2 N–H and O–H groups in total. The van der Waals surface area contributed by atoms with Crippen molar-refractivity contribution < 1.29 is 9.18 Å². The van der Waals surface area contributed by atoms with Gasteiger partial charge < -0.3 is 5.32 Å². The maximum Gasteiger partial charge on any atom is 0.295 e. The van der Waals surface area contributed by atoms with Gasteiger partial charge in [-0.3, -0.25) is 9.89 Å². The van der Waals surface area contributed by atoms with E-state index in [0.717, 1.165) is 18.6 Å². The third-order valence-electron chi connectivity index (χ3n) is 2.57. The van der Waals surface area contributed by atoms with Crippen molar-refractivity contribution in [3.63, 3.8) is 0 Å². The molecule has 1 aromatic carbocycles. The molecule has 0 radical (unpaired) electrons. The molecule has 6 nitrogen and oxygen atoms in total. The highest BCUT2D eigenvalue weighted by Gasteiger charge is 2.14. The first-order valence-electron chi connectivity index (χ1n) is 6.06. The van der Waals surface area contributed by atoms with Crippen LogP contribution in [0.15, 0.2) is 18.2 Å². The maximum atomic E-state index is 13.0. The number of hydrogen-bond acceptors (Lipinski definition) is 4. The molecule has 0 aliphatic rings. The van der Waals surface area contributed by atoms with Gasteiger partial charge in [-0.25, -0.2) is 9.37 Å². The average molecular weight is 273 g/mol. The highest BCUT2D eigenvalue weighted by atomic mass is 19.1. The van der Waals surface area contributed by atoms with Gasteiger partial charge in [0.25, 0.3) is 5.91 Å². The Morgan fingerprint density at radius 2 is 2.35 bits per heavy atom. The number of nitrogens with one attached hydrogen (secondary N) is 2. The standard InChI is InChI=1S/C13H12FN5O/c1-2-3-11-17-12(19-18-11)13(20)16-10-5-4-9(14)6-8(10)7-15/h4-6H,2-3H2,1H3,(H,16,20)(H,17,18,19).